The maximum atomic E-state index is 12.2. The molecule has 1 amide bonds. The second-order valence-electron chi connectivity index (χ2n) is 5.40. The van der Waals surface area contributed by atoms with Gasteiger partial charge in [0.2, 0.25) is 5.91 Å². The van der Waals surface area contributed by atoms with Crippen molar-refractivity contribution in [1.29, 1.82) is 0 Å². The number of carbonyl (C=O) groups excluding carboxylic acids is 1. The number of fused-ring (bicyclic) bond motifs is 1. The standard InChI is InChI=1S/C17H19NO6/c1-4-13(16(20)21)18-15(19)8-12-9(2)11-6-5-10(23-3)7-14(11)24-17(12)22/h5-7,13H,4,8H2,1-3H3,(H,18,19)(H,20,21). The first-order valence-corrected chi connectivity index (χ1v) is 7.49. The van der Waals surface area contributed by atoms with E-state index >= 15 is 0 Å². The van der Waals surface area contributed by atoms with E-state index in [1.807, 2.05) is 0 Å². The van der Waals surface area contributed by atoms with Gasteiger partial charge in [0.1, 0.15) is 17.4 Å². The molecule has 7 nitrogen and oxygen atoms in total. The van der Waals surface area contributed by atoms with Crippen LogP contribution in [0.2, 0.25) is 0 Å². The molecule has 0 fully saturated rings. The number of aryl methyl sites for hydroxylation is 1. The van der Waals surface area contributed by atoms with E-state index < -0.39 is 23.5 Å². The smallest absolute Gasteiger partial charge is 0.340 e. The largest absolute Gasteiger partial charge is 0.497 e. The summed E-state index contributed by atoms with van der Waals surface area (Å²) < 4.78 is 10.4. The number of nitrogens with one attached hydrogen (secondary N) is 1. The van der Waals surface area contributed by atoms with Crippen molar-refractivity contribution in [1.82, 2.24) is 5.32 Å². The topological polar surface area (TPSA) is 106 Å². The van der Waals surface area contributed by atoms with Crippen LogP contribution in [0.25, 0.3) is 11.0 Å². The molecular formula is C17H19NO6. The number of amides is 1. The molecule has 7 heteroatoms. The average Bonchev–Trinajstić information content (AvgIpc) is 2.55. The maximum Gasteiger partial charge on any atom is 0.340 e. The van der Waals surface area contributed by atoms with Crippen LogP contribution in [0.3, 0.4) is 0 Å². The van der Waals surface area contributed by atoms with Crippen LogP contribution in [0.15, 0.2) is 27.4 Å². The zero-order valence-corrected chi connectivity index (χ0v) is 13.7. The molecule has 2 N–H and O–H groups in total. The Morgan fingerprint density at radius 2 is 2.08 bits per heavy atom. The molecule has 1 unspecified atom stereocenters. The van der Waals surface area contributed by atoms with Gasteiger partial charge in [-0.15, -0.1) is 0 Å². The van der Waals surface area contributed by atoms with Crippen LogP contribution in [-0.4, -0.2) is 30.1 Å². The van der Waals surface area contributed by atoms with E-state index in [1.165, 1.54) is 7.11 Å². The van der Waals surface area contributed by atoms with Gasteiger partial charge in [-0.2, -0.15) is 0 Å². The van der Waals surface area contributed by atoms with Gasteiger partial charge in [0.05, 0.1) is 19.1 Å². The molecule has 0 saturated heterocycles. The fourth-order valence-corrected chi connectivity index (χ4v) is 2.45. The van der Waals surface area contributed by atoms with Gasteiger partial charge in [0.25, 0.3) is 0 Å². The molecule has 0 aliphatic rings. The van der Waals surface area contributed by atoms with E-state index in [1.54, 1.807) is 32.0 Å². The minimum absolute atomic E-state index is 0.213. The van der Waals surface area contributed by atoms with Crippen molar-refractivity contribution in [2.75, 3.05) is 7.11 Å². The Hall–Kier alpha value is -2.83. The fourth-order valence-electron chi connectivity index (χ4n) is 2.45. The molecule has 0 radical (unpaired) electrons. The molecule has 1 aromatic carbocycles. The third-order valence-electron chi connectivity index (χ3n) is 3.87. The summed E-state index contributed by atoms with van der Waals surface area (Å²) >= 11 is 0. The van der Waals surface area contributed by atoms with E-state index in [-0.39, 0.29) is 18.4 Å². The Morgan fingerprint density at radius 3 is 2.67 bits per heavy atom. The molecule has 0 bridgehead atoms. The van der Waals surface area contributed by atoms with Crippen molar-refractivity contribution < 1.29 is 23.8 Å². The second kappa shape index (κ2) is 7.16. The van der Waals surface area contributed by atoms with Crippen LogP contribution in [0.4, 0.5) is 0 Å². The number of benzene rings is 1. The summed E-state index contributed by atoms with van der Waals surface area (Å²) in [6.07, 6.45) is 0.0199. The number of carbonyl (C=O) groups is 2. The van der Waals surface area contributed by atoms with Crippen molar-refractivity contribution in [3.63, 3.8) is 0 Å². The highest BCUT2D eigenvalue weighted by Gasteiger charge is 2.20. The lowest BCUT2D eigenvalue weighted by atomic mass is 10.0. The highest BCUT2D eigenvalue weighted by atomic mass is 16.5. The quantitative estimate of drug-likeness (QED) is 0.778. The lowest BCUT2D eigenvalue weighted by molar-refractivity contribution is -0.141. The molecule has 0 saturated carbocycles. The number of carboxylic acids is 1. The molecule has 2 aromatic rings. The SMILES string of the molecule is CCC(NC(=O)Cc1c(C)c2ccc(OC)cc2oc1=O)C(=O)O. The molecule has 0 spiro atoms. The normalized spacial score (nSPS) is 12.0. The van der Waals surface area contributed by atoms with Crippen LogP contribution < -0.4 is 15.7 Å². The number of carboxylic acid groups (broad SMARTS) is 1. The molecule has 0 aliphatic heterocycles. The Balaban J connectivity index is 2.34. The number of aliphatic carboxylic acids is 1. The molecule has 1 heterocycles. The zero-order chi connectivity index (χ0) is 17.9. The highest BCUT2D eigenvalue weighted by Crippen LogP contribution is 2.24. The van der Waals surface area contributed by atoms with Crippen molar-refractivity contribution in [2.24, 2.45) is 0 Å². The van der Waals surface area contributed by atoms with Crippen LogP contribution in [0, 0.1) is 6.92 Å². The van der Waals surface area contributed by atoms with E-state index in [0.29, 0.717) is 22.3 Å². The van der Waals surface area contributed by atoms with Gasteiger partial charge in [0, 0.05) is 11.5 Å². The summed E-state index contributed by atoms with van der Waals surface area (Å²) in [5, 5.41) is 12.1. The number of ether oxygens (including phenoxy) is 1. The third-order valence-corrected chi connectivity index (χ3v) is 3.87. The summed E-state index contributed by atoms with van der Waals surface area (Å²) in [6.45, 7) is 3.38. The number of hydrogen-bond donors (Lipinski definition) is 2. The molecule has 1 atom stereocenters. The monoisotopic (exact) mass is 333 g/mol. The molecular weight excluding hydrogens is 314 g/mol. The third kappa shape index (κ3) is 3.56. The van der Waals surface area contributed by atoms with Gasteiger partial charge in [-0.25, -0.2) is 9.59 Å². The van der Waals surface area contributed by atoms with Gasteiger partial charge >= 0.3 is 11.6 Å². The van der Waals surface area contributed by atoms with Gasteiger partial charge in [0.15, 0.2) is 0 Å². The molecule has 128 valence electrons. The fraction of sp³-hybridized carbons (Fsp3) is 0.353. The maximum absolute atomic E-state index is 12.2. The first-order valence-electron chi connectivity index (χ1n) is 7.49. The molecule has 2 rings (SSSR count). The first-order chi connectivity index (χ1) is 11.4. The van der Waals surface area contributed by atoms with Crippen molar-refractivity contribution in [3.8, 4) is 5.75 Å². The molecule has 1 aromatic heterocycles. The van der Waals surface area contributed by atoms with Crippen molar-refractivity contribution in [3.05, 3.63) is 39.7 Å². The number of hydrogen-bond acceptors (Lipinski definition) is 5. The van der Waals surface area contributed by atoms with Gasteiger partial charge < -0.3 is 19.6 Å². The average molecular weight is 333 g/mol. The van der Waals surface area contributed by atoms with Crippen LogP contribution in [-0.2, 0) is 16.0 Å². The summed E-state index contributed by atoms with van der Waals surface area (Å²) in [4.78, 5) is 35.2. The Labute approximate surface area is 138 Å². The van der Waals surface area contributed by atoms with E-state index in [2.05, 4.69) is 5.32 Å². The number of rotatable bonds is 6. The Morgan fingerprint density at radius 1 is 1.38 bits per heavy atom. The first kappa shape index (κ1) is 17.5. The second-order valence-corrected chi connectivity index (χ2v) is 5.40. The summed E-state index contributed by atoms with van der Waals surface area (Å²) in [5.74, 6) is -1.09. The minimum atomic E-state index is -1.11. The predicted octanol–water partition coefficient (Wildman–Crippen LogP) is 1.63. The number of methoxy groups -OCH3 is 1. The van der Waals surface area contributed by atoms with Gasteiger partial charge in [-0.3, -0.25) is 4.79 Å². The van der Waals surface area contributed by atoms with E-state index in [0.717, 1.165) is 0 Å². The van der Waals surface area contributed by atoms with Gasteiger partial charge in [-0.05, 0) is 31.0 Å². The predicted molar refractivity (Wildman–Crippen MR) is 87.3 cm³/mol. The lowest BCUT2D eigenvalue weighted by Gasteiger charge is -2.13. The summed E-state index contributed by atoms with van der Waals surface area (Å²) in [7, 11) is 1.51. The molecule has 24 heavy (non-hydrogen) atoms. The Bertz CT molecular complexity index is 839. The van der Waals surface area contributed by atoms with Crippen molar-refractivity contribution in [2.45, 2.75) is 32.7 Å². The van der Waals surface area contributed by atoms with E-state index in [4.69, 9.17) is 14.3 Å². The summed E-state index contributed by atoms with van der Waals surface area (Å²) in [5.41, 5.74) is 0.595. The summed E-state index contributed by atoms with van der Waals surface area (Å²) in [6, 6.07) is 4.11. The van der Waals surface area contributed by atoms with Crippen LogP contribution in [0.1, 0.15) is 24.5 Å². The van der Waals surface area contributed by atoms with Crippen LogP contribution in [0.5, 0.6) is 5.75 Å². The van der Waals surface area contributed by atoms with Crippen molar-refractivity contribution >= 4 is 22.8 Å². The van der Waals surface area contributed by atoms with Crippen LogP contribution >= 0.6 is 0 Å². The zero-order valence-electron chi connectivity index (χ0n) is 13.7. The highest BCUT2D eigenvalue weighted by molar-refractivity contribution is 5.87. The van der Waals surface area contributed by atoms with Gasteiger partial charge in [-0.1, -0.05) is 6.92 Å². The lowest BCUT2D eigenvalue weighted by Crippen LogP contribution is -2.41. The van der Waals surface area contributed by atoms with E-state index in [9.17, 15) is 14.4 Å². The Kier molecular flexibility index (Phi) is 5.23. The molecule has 0 aliphatic carbocycles. The minimum Gasteiger partial charge on any atom is -0.497 e.